The van der Waals surface area contributed by atoms with Crippen LogP contribution in [0.25, 0.3) is 0 Å². The largest absolute Gasteiger partial charge is 0.481 e. The number of carbonyl (C=O) groups is 5. The molecule has 0 aliphatic carbocycles. The molecule has 0 saturated carbocycles. The van der Waals surface area contributed by atoms with Crippen LogP contribution >= 0.6 is 0 Å². The summed E-state index contributed by atoms with van der Waals surface area (Å²) in [6.45, 7) is 5.12. The van der Waals surface area contributed by atoms with E-state index in [1.807, 2.05) is 0 Å². The second-order valence-corrected chi connectivity index (χ2v) is 7.97. The van der Waals surface area contributed by atoms with Gasteiger partial charge in [0.1, 0.15) is 18.1 Å². The minimum Gasteiger partial charge on any atom is -0.481 e. The fourth-order valence-electron chi connectivity index (χ4n) is 2.68. The third-order valence-electron chi connectivity index (χ3n) is 4.39. The second-order valence-electron chi connectivity index (χ2n) is 7.97. The van der Waals surface area contributed by atoms with Gasteiger partial charge in [0.25, 0.3) is 0 Å². The number of hydrogen-bond donors (Lipinski definition) is 8. The minimum atomic E-state index is -1.50. The Hall–Kier alpha value is -3.42. The minimum absolute atomic E-state index is 0.00451. The highest BCUT2D eigenvalue weighted by molar-refractivity contribution is 5.95. The monoisotopic (exact) mass is 473 g/mol. The Bertz CT molecular complexity index is 738. The van der Waals surface area contributed by atoms with Crippen molar-refractivity contribution >= 4 is 35.6 Å². The van der Waals surface area contributed by atoms with E-state index in [1.165, 1.54) is 6.92 Å². The number of nitrogens with one attached hydrogen (secondary N) is 3. The van der Waals surface area contributed by atoms with Crippen LogP contribution in [0.2, 0.25) is 0 Å². The third-order valence-corrected chi connectivity index (χ3v) is 4.39. The summed E-state index contributed by atoms with van der Waals surface area (Å²) in [4.78, 5) is 63.3. The molecule has 0 radical (unpaired) electrons. The summed E-state index contributed by atoms with van der Waals surface area (Å²) in [5.41, 5.74) is 16.2. The van der Waals surface area contributed by atoms with Gasteiger partial charge in [0.05, 0.1) is 12.5 Å². The van der Waals surface area contributed by atoms with Crippen molar-refractivity contribution in [2.75, 3.05) is 6.54 Å². The summed E-state index contributed by atoms with van der Waals surface area (Å²) in [7, 11) is 0. The number of rotatable bonds is 15. The Morgan fingerprint density at radius 1 is 0.879 bits per heavy atom. The molecule has 0 aromatic carbocycles. The maximum absolute atomic E-state index is 12.5. The number of amides is 3. The van der Waals surface area contributed by atoms with Crippen molar-refractivity contribution < 1.29 is 34.2 Å². The number of hydrogen-bond acceptors (Lipinski definition) is 7. The molecule has 0 saturated heterocycles. The van der Waals surface area contributed by atoms with Gasteiger partial charge in [-0.3, -0.25) is 24.2 Å². The lowest BCUT2D eigenvalue weighted by Gasteiger charge is -2.23. The summed E-state index contributed by atoms with van der Waals surface area (Å²) in [5, 5.41) is 25.2. The molecule has 0 aromatic rings. The molecular formula is C19H35N7O7. The maximum atomic E-state index is 12.5. The molecule has 0 spiro atoms. The lowest BCUT2D eigenvalue weighted by molar-refractivity contribution is -0.143. The van der Waals surface area contributed by atoms with Gasteiger partial charge in [0, 0.05) is 6.54 Å². The average Bonchev–Trinajstić information content (AvgIpc) is 2.68. The van der Waals surface area contributed by atoms with Crippen molar-refractivity contribution in [2.45, 2.75) is 70.6 Å². The molecule has 0 heterocycles. The van der Waals surface area contributed by atoms with E-state index < -0.39 is 60.2 Å². The Balaban J connectivity index is 5.01. The van der Waals surface area contributed by atoms with Gasteiger partial charge < -0.3 is 43.4 Å². The number of aliphatic carboxylic acids is 2. The van der Waals surface area contributed by atoms with Gasteiger partial charge in [-0.05, 0) is 32.1 Å². The molecule has 0 aliphatic heterocycles. The third kappa shape index (κ3) is 12.9. The van der Waals surface area contributed by atoms with Gasteiger partial charge >= 0.3 is 11.9 Å². The number of guanidine groups is 1. The highest BCUT2D eigenvalue weighted by Gasteiger charge is 2.29. The molecule has 188 valence electrons. The summed E-state index contributed by atoms with van der Waals surface area (Å²) >= 11 is 0. The highest BCUT2D eigenvalue weighted by Crippen LogP contribution is 2.05. The molecule has 14 heteroatoms. The van der Waals surface area contributed by atoms with Gasteiger partial charge in [-0.15, -0.1) is 0 Å². The van der Waals surface area contributed by atoms with Crippen LogP contribution in [0.5, 0.6) is 0 Å². The lowest BCUT2D eigenvalue weighted by Crippen LogP contribution is -2.56. The van der Waals surface area contributed by atoms with Crippen LogP contribution in [0.15, 0.2) is 4.99 Å². The van der Waals surface area contributed by atoms with Crippen LogP contribution in [0.3, 0.4) is 0 Å². The quantitative estimate of drug-likeness (QED) is 0.0701. The van der Waals surface area contributed by atoms with Crippen molar-refractivity contribution in [3.05, 3.63) is 0 Å². The topological polar surface area (TPSA) is 252 Å². The van der Waals surface area contributed by atoms with Crippen molar-refractivity contribution in [2.24, 2.45) is 28.1 Å². The van der Waals surface area contributed by atoms with Crippen LogP contribution in [0.4, 0.5) is 0 Å². The zero-order valence-electron chi connectivity index (χ0n) is 19.0. The van der Waals surface area contributed by atoms with Crippen LogP contribution in [-0.2, 0) is 24.0 Å². The van der Waals surface area contributed by atoms with Gasteiger partial charge in [-0.25, -0.2) is 4.79 Å². The molecule has 0 fully saturated rings. The predicted molar refractivity (Wildman–Crippen MR) is 119 cm³/mol. The first kappa shape index (κ1) is 29.6. The first-order valence-corrected chi connectivity index (χ1v) is 10.4. The summed E-state index contributed by atoms with van der Waals surface area (Å²) in [6, 6.07) is -4.88. The Morgan fingerprint density at radius 2 is 1.45 bits per heavy atom. The van der Waals surface area contributed by atoms with Crippen molar-refractivity contribution in [1.29, 1.82) is 0 Å². The molecule has 0 aromatic heterocycles. The zero-order valence-corrected chi connectivity index (χ0v) is 19.0. The molecule has 0 rings (SSSR count). The maximum Gasteiger partial charge on any atom is 0.326 e. The van der Waals surface area contributed by atoms with Crippen LogP contribution in [0, 0.1) is 5.92 Å². The zero-order chi connectivity index (χ0) is 25.7. The van der Waals surface area contributed by atoms with Gasteiger partial charge in [-0.1, -0.05) is 13.8 Å². The number of nitrogens with zero attached hydrogens (tertiary/aromatic N) is 1. The standard InChI is InChI=1S/C19H35N7O7/c1-9(2)7-13(18(32)33)26-15(29)10(3)24-17(31)12(8-14(27)28)25-16(30)11(20)5-4-6-23-19(21)22/h9-13H,4-8,20H2,1-3H3,(H,24,31)(H,25,30)(H,26,29)(H,27,28)(H,32,33)(H4,21,22,23). The molecule has 11 N–H and O–H groups in total. The molecule has 3 amide bonds. The normalized spacial score (nSPS) is 14.3. The van der Waals surface area contributed by atoms with Crippen LogP contribution in [0.1, 0.15) is 46.5 Å². The molecule has 33 heavy (non-hydrogen) atoms. The van der Waals surface area contributed by atoms with Gasteiger partial charge in [0.2, 0.25) is 17.7 Å². The number of nitrogens with two attached hydrogens (primary N) is 3. The number of carboxylic acids is 2. The molecule has 0 bridgehead atoms. The van der Waals surface area contributed by atoms with Gasteiger partial charge in [0.15, 0.2) is 5.96 Å². The van der Waals surface area contributed by atoms with E-state index in [2.05, 4.69) is 20.9 Å². The fraction of sp³-hybridized carbons (Fsp3) is 0.684. The SMILES string of the molecule is CC(C)CC(NC(=O)C(C)NC(=O)C(CC(=O)O)NC(=O)C(N)CCCN=C(N)N)C(=O)O. The van der Waals surface area contributed by atoms with E-state index in [0.29, 0.717) is 6.42 Å². The Labute approximate surface area is 191 Å². The molecule has 4 unspecified atom stereocenters. The summed E-state index contributed by atoms with van der Waals surface area (Å²) in [5.74, 6) is -5.17. The van der Waals surface area contributed by atoms with E-state index in [4.69, 9.17) is 22.3 Å². The second kappa shape index (κ2) is 14.6. The van der Waals surface area contributed by atoms with E-state index in [1.54, 1.807) is 13.8 Å². The first-order chi connectivity index (χ1) is 15.2. The molecule has 14 nitrogen and oxygen atoms in total. The number of aliphatic imine (C=N–C) groups is 1. The molecular weight excluding hydrogens is 438 g/mol. The fourth-order valence-corrected chi connectivity index (χ4v) is 2.68. The van der Waals surface area contributed by atoms with E-state index in [-0.39, 0.29) is 31.3 Å². The van der Waals surface area contributed by atoms with Crippen molar-refractivity contribution in [3.63, 3.8) is 0 Å². The average molecular weight is 474 g/mol. The van der Waals surface area contributed by atoms with E-state index >= 15 is 0 Å². The van der Waals surface area contributed by atoms with Gasteiger partial charge in [-0.2, -0.15) is 0 Å². The van der Waals surface area contributed by atoms with Crippen LogP contribution in [-0.4, -0.2) is 76.5 Å². The van der Waals surface area contributed by atoms with Crippen LogP contribution < -0.4 is 33.2 Å². The number of carboxylic acid groups (broad SMARTS) is 2. The Morgan fingerprint density at radius 3 is 1.94 bits per heavy atom. The van der Waals surface area contributed by atoms with Crippen molar-refractivity contribution in [3.8, 4) is 0 Å². The molecule has 0 aliphatic rings. The number of carbonyl (C=O) groups excluding carboxylic acids is 3. The predicted octanol–water partition coefficient (Wildman–Crippen LogP) is -2.55. The lowest BCUT2D eigenvalue weighted by atomic mass is 10.0. The van der Waals surface area contributed by atoms with Crippen molar-refractivity contribution in [1.82, 2.24) is 16.0 Å². The molecule has 4 atom stereocenters. The Kier molecular flexibility index (Phi) is 13.1. The van der Waals surface area contributed by atoms with E-state index in [9.17, 15) is 29.1 Å². The van der Waals surface area contributed by atoms with E-state index in [0.717, 1.165) is 0 Å². The smallest absolute Gasteiger partial charge is 0.326 e. The summed E-state index contributed by atoms with van der Waals surface area (Å²) in [6.07, 6.45) is -0.0197. The first-order valence-electron chi connectivity index (χ1n) is 10.4. The highest BCUT2D eigenvalue weighted by atomic mass is 16.4. The summed E-state index contributed by atoms with van der Waals surface area (Å²) < 4.78 is 0.